The van der Waals surface area contributed by atoms with E-state index in [1.54, 1.807) is 6.07 Å². The van der Waals surface area contributed by atoms with Gasteiger partial charge in [0, 0.05) is 19.8 Å². The first-order chi connectivity index (χ1) is 11.3. The fourth-order valence-electron chi connectivity index (χ4n) is 2.31. The third-order valence-electron chi connectivity index (χ3n) is 3.90. The standard InChI is InChI=1S/C16H22F3N3O2/c1-2-23-10-9-15(7-8-15)11-21-14(20)22-12-5-3-4-6-13(12)24-16(17,18)19/h3-6H,2,7-11H2,1H3,(H3,20,21,22). The highest BCUT2D eigenvalue weighted by atomic mass is 19.4. The summed E-state index contributed by atoms with van der Waals surface area (Å²) in [6.45, 7) is 3.84. The van der Waals surface area contributed by atoms with E-state index < -0.39 is 6.36 Å². The number of halogens is 3. The molecule has 1 aliphatic rings. The van der Waals surface area contributed by atoms with Gasteiger partial charge in [-0.3, -0.25) is 4.99 Å². The number of nitrogens with two attached hydrogens (primary N) is 1. The quantitative estimate of drug-likeness (QED) is 0.430. The molecule has 1 aliphatic carbocycles. The van der Waals surface area contributed by atoms with E-state index in [2.05, 4.69) is 15.0 Å². The van der Waals surface area contributed by atoms with Crippen molar-refractivity contribution in [2.24, 2.45) is 16.1 Å². The Hall–Kier alpha value is -1.96. The summed E-state index contributed by atoms with van der Waals surface area (Å²) >= 11 is 0. The maximum absolute atomic E-state index is 12.4. The van der Waals surface area contributed by atoms with E-state index in [0.29, 0.717) is 19.8 Å². The average Bonchev–Trinajstić information content (AvgIpc) is 3.27. The Balaban J connectivity index is 1.93. The second kappa shape index (κ2) is 7.74. The van der Waals surface area contributed by atoms with Crippen LogP contribution < -0.4 is 15.8 Å². The van der Waals surface area contributed by atoms with Gasteiger partial charge in [-0.25, -0.2) is 0 Å². The van der Waals surface area contributed by atoms with Crippen LogP contribution in [0.25, 0.3) is 0 Å². The van der Waals surface area contributed by atoms with E-state index in [1.165, 1.54) is 18.2 Å². The molecule has 2 rings (SSSR count). The lowest BCUT2D eigenvalue weighted by Crippen LogP contribution is -2.25. The zero-order valence-electron chi connectivity index (χ0n) is 13.5. The van der Waals surface area contributed by atoms with Gasteiger partial charge < -0.3 is 20.5 Å². The zero-order chi connectivity index (χ0) is 17.6. The summed E-state index contributed by atoms with van der Waals surface area (Å²) in [5.74, 6) is -0.281. The van der Waals surface area contributed by atoms with Crippen molar-refractivity contribution in [3.8, 4) is 5.75 Å². The van der Waals surface area contributed by atoms with Crippen LogP contribution >= 0.6 is 0 Å². The van der Waals surface area contributed by atoms with Gasteiger partial charge in [0.15, 0.2) is 11.7 Å². The fraction of sp³-hybridized carbons (Fsp3) is 0.562. The van der Waals surface area contributed by atoms with Gasteiger partial charge in [-0.1, -0.05) is 12.1 Å². The molecule has 0 bridgehead atoms. The van der Waals surface area contributed by atoms with Gasteiger partial charge in [0.1, 0.15) is 0 Å². The van der Waals surface area contributed by atoms with Gasteiger partial charge >= 0.3 is 6.36 Å². The van der Waals surface area contributed by atoms with Gasteiger partial charge in [-0.15, -0.1) is 13.2 Å². The number of hydrogen-bond acceptors (Lipinski definition) is 3. The molecule has 1 fully saturated rings. The molecule has 0 saturated heterocycles. The van der Waals surface area contributed by atoms with Crippen molar-refractivity contribution in [3.05, 3.63) is 24.3 Å². The van der Waals surface area contributed by atoms with Crippen LogP contribution in [0.1, 0.15) is 26.2 Å². The van der Waals surface area contributed by atoms with Gasteiger partial charge in [-0.2, -0.15) is 0 Å². The molecule has 8 heteroatoms. The number of para-hydroxylation sites is 2. The molecule has 3 N–H and O–H groups in total. The molecule has 0 aromatic heterocycles. The number of guanidine groups is 1. The highest BCUT2D eigenvalue weighted by molar-refractivity contribution is 5.93. The molecule has 0 spiro atoms. The van der Waals surface area contributed by atoms with Crippen LogP contribution in [0.5, 0.6) is 5.75 Å². The Kier molecular flexibility index (Phi) is 5.93. The summed E-state index contributed by atoms with van der Waals surface area (Å²) in [7, 11) is 0. The minimum atomic E-state index is -4.76. The van der Waals surface area contributed by atoms with E-state index in [9.17, 15) is 13.2 Å². The minimum Gasteiger partial charge on any atom is -0.404 e. The number of ether oxygens (including phenoxy) is 2. The number of aliphatic imine (C=N–C) groups is 1. The number of rotatable bonds is 8. The summed E-state index contributed by atoms with van der Waals surface area (Å²) in [4.78, 5) is 4.26. The molecule has 0 atom stereocenters. The Morgan fingerprint density at radius 3 is 2.67 bits per heavy atom. The van der Waals surface area contributed by atoms with E-state index in [1.807, 2.05) is 6.92 Å². The molecule has 24 heavy (non-hydrogen) atoms. The lowest BCUT2D eigenvalue weighted by atomic mass is 10.0. The molecule has 134 valence electrons. The Morgan fingerprint density at radius 2 is 2.04 bits per heavy atom. The SMILES string of the molecule is CCOCCC1(CN=C(N)Nc2ccccc2OC(F)(F)F)CC1. The van der Waals surface area contributed by atoms with Crippen LogP contribution in [0.3, 0.4) is 0 Å². The maximum Gasteiger partial charge on any atom is 0.573 e. The second-order valence-electron chi connectivity index (χ2n) is 5.82. The number of nitrogens with one attached hydrogen (secondary N) is 1. The lowest BCUT2D eigenvalue weighted by Gasteiger charge is -2.15. The third-order valence-corrected chi connectivity index (χ3v) is 3.90. The second-order valence-corrected chi connectivity index (χ2v) is 5.82. The van der Waals surface area contributed by atoms with Crippen molar-refractivity contribution in [1.82, 2.24) is 0 Å². The lowest BCUT2D eigenvalue weighted by molar-refractivity contribution is -0.274. The first kappa shape index (κ1) is 18.4. The molecule has 0 heterocycles. The number of alkyl halides is 3. The van der Waals surface area contributed by atoms with Crippen LogP contribution in [-0.2, 0) is 4.74 Å². The first-order valence-electron chi connectivity index (χ1n) is 7.83. The van der Waals surface area contributed by atoms with Crippen LogP contribution in [0.4, 0.5) is 18.9 Å². The summed E-state index contributed by atoms with van der Waals surface area (Å²) < 4.78 is 46.5. The Morgan fingerprint density at radius 1 is 1.33 bits per heavy atom. The summed E-state index contributed by atoms with van der Waals surface area (Å²) in [5, 5.41) is 2.67. The molecule has 0 amide bonds. The number of benzene rings is 1. The third kappa shape index (κ3) is 5.92. The maximum atomic E-state index is 12.4. The number of hydrogen-bond donors (Lipinski definition) is 2. The van der Waals surface area contributed by atoms with Crippen molar-refractivity contribution in [2.75, 3.05) is 25.1 Å². The molecule has 1 aromatic rings. The van der Waals surface area contributed by atoms with E-state index in [-0.39, 0.29) is 22.8 Å². The summed E-state index contributed by atoms with van der Waals surface area (Å²) in [5.41, 5.74) is 6.03. The topological polar surface area (TPSA) is 68.9 Å². The van der Waals surface area contributed by atoms with Gasteiger partial charge in [0.2, 0.25) is 0 Å². The van der Waals surface area contributed by atoms with E-state index in [0.717, 1.165) is 19.3 Å². The predicted molar refractivity (Wildman–Crippen MR) is 86.0 cm³/mol. The van der Waals surface area contributed by atoms with Crippen LogP contribution in [0.15, 0.2) is 29.3 Å². The van der Waals surface area contributed by atoms with Crippen molar-refractivity contribution in [1.29, 1.82) is 0 Å². The van der Waals surface area contributed by atoms with Crippen molar-refractivity contribution in [3.63, 3.8) is 0 Å². The molecule has 5 nitrogen and oxygen atoms in total. The highest BCUT2D eigenvalue weighted by Crippen LogP contribution is 2.49. The highest BCUT2D eigenvalue weighted by Gasteiger charge is 2.41. The molecule has 0 aliphatic heterocycles. The number of anilines is 1. The molecule has 1 saturated carbocycles. The van der Waals surface area contributed by atoms with Gasteiger partial charge in [0.25, 0.3) is 0 Å². The molecule has 1 aromatic carbocycles. The molecular weight excluding hydrogens is 323 g/mol. The largest absolute Gasteiger partial charge is 0.573 e. The summed E-state index contributed by atoms with van der Waals surface area (Å²) in [6, 6.07) is 5.70. The normalized spacial score (nSPS) is 16.8. The van der Waals surface area contributed by atoms with Crippen LogP contribution in [-0.4, -0.2) is 32.1 Å². The smallest absolute Gasteiger partial charge is 0.404 e. The zero-order valence-corrected chi connectivity index (χ0v) is 13.5. The Labute approximate surface area is 139 Å². The Bertz CT molecular complexity index is 572. The molecular formula is C16H22F3N3O2. The van der Waals surface area contributed by atoms with Crippen molar-refractivity contribution in [2.45, 2.75) is 32.5 Å². The minimum absolute atomic E-state index is 0.0657. The van der Waals surface area contributed by atoms with Gasteiger partial charge in [0.05, 0.1) is 5.69 Å². The van der Waals surface area contributed by atoms with E-state index in [4.69, 9.17) is 10.5 Å². The number of nitrogens with zero attached hydrogens (tertiary/aromatic N) is 1. The van der Waals surface area contributed by atoms with Crippen LogP contribution in [0, 0.1) is 5.41 Å². The van der Waals surface area contributed by atoms with Gasteiger partial charge in [-0.05, 0) is 43.7 Å². The fourth-order valence-corrected chi connectivity index (χ4v) is 2.31. The average molecular weight is 345 g/mol. The first-order valence-corrected chi connectivity index (χ1v) is 7.83. The van der Waals surface area contributed by atoms with E-state index >= 15 is 0 Å². The van der Waals surface area contributed by atoms with Crippen molar-refractivity contribution < 1.29 is 22.6 Å². The monoisotopic (exact) mass is 345 g/mol. The van der Waals surface area contributed by atoms with Crippen molar-refractivity contribution >= 4 is 11.6 Å². The summed E-state index contributed by atoms with van der Waals surface area (Å²) in [6.07, 6.45) is -1.73. The van der Waals surface area contributed by atoms with Crippen LogP contribution in [0.2, 0.25) is 0 Å². The molecule has 0 unspecified atom stereocenters. The molecule has 0 radical (unpaired) electrons. The predicted octanol–water partition coefficient (Wildman–Crippen LogP) is 3.52.